The molecule has 1 aliphatic rings. The fraction of sp³-hybridized carbons (Fsp3) is 0.636. The summed E-state index contributed by atoms with van der Waals surface area (Å²) in [5.74, 6) is 2.98. The number of carbonyl (C=O) groups excluding carboxylic acids is 1. The van der Waals surface area contributed by atoms with Gasteiger partial charge in [-0.15, -0.1) is 0 Å². The summed E-state index contributed by atoms with van der Waals surface area (Å²) in [6.07, 6.45) is 4.85. The third-order valence-electron chi connectivity index (χ3n) is 5.11. The summed E-state index contributed by atoms with van der Waals surface area (Å²) in [4.78, 5) is 18.8. The van der Waals surface area contributed by atoms with Crippen molar-refractivity contribution >= 4 is 11.9 Å². The Morgan fingerprint density at radius 1 is 1.03 bits per heavy atom. The van der Waals surface area contributed by atoms with E-state index in [2.05, 4.69) is 15.6 Å². The molecule has 8 nitrogen and oxygen atoms in total. The maximum absolute atomic E-state index is 12.1. The SMILES string of the molecule is CCNC(=NCc1cc(OC)c(OC)cc1OC)NCCCN1CCCCCC1=O. The van der Waals surface area contributed by atoms with Crippen molar-refractivity contribution in [2.24, 2.45) is 4.99 Å². The summed E-state index contributed by atoms with van der Waals surface area (Å²) in [5.41, 5.74) is 0.905. The molecule has 1 aromatic rings. The molecule has 0 unspecified atom stereocenters. The number of hydrogen-bond donors (Lipinski definition) is 2. The van der Waals surface area contributed by atoms with Gasteiger partial charge in [-0.05, 0) is 32.3 Å². The van der Waals surface area contributed by atoms with Crippen LogP contribution < -0.4 is 24.8 Å². The molecule has 0 aliphatic carbocycles. The number of methoxy groups -OCH3 is 3. The van der Waals surface area contributed by atoms with Crippen LogP contribution in [0.25, 0.3) is 0 Å². The highest BCUT2D eigenvalue weighted by molar-refractivity contribution is 5.79. The Balaban J connectivity index is 1.94. The molecule has 1 fully saturated rings. The quantitative estimate of drug-likeness (QED) is 0.344. The second kappa shape index (κ2) is 12.8. The topological polar surface area (TPSA) is 84.4 Å². The minimum absolute atomic E-state index is 0.286. The zero-order valence-corrected chi connectivity index (χ0v) is 18.8. The van der Waals surface area contributed by atoms with E-state index in [-0.39, 0.29) is 5.91 Å². The van der Waals surface area contributed by atoms with Gasteiger partial charge in [-0.1, -0.05) is 6.42 Å². The Kier molecular flexibility index (Phi) is 10.1. The molecule has 0 bridgehead atoms. The van der Waals surface area contributed by atoms with E-state index in [4.69, 9.17) is 14.2 Å². The molecule has 0 atom stereocenters. The zero-order chi connectivity index (χ0) is 21.8. The minimum Gasteiger partial charge on any atom is -0.496 e. The number of benzene rings is 1. The first-order chi connectivity index (χ1) is 14.6. The monoisotopic (exact) mass is 420 g/mol. The predicted octanol–water partition coefficient (Wildman–Crippen LogP) is 2.56. The Hall–Kier alpha value is -2.64. The van der Waals surface area contributed by atoms with E-state index in [0.717, 1.165) is 63.4 Å². The van der Waals surface area contributed by atoms with Crippen LogP contribution in [0.15, 0.2) is 17.1 Å². The van der Waals surface area contributed by atoms with Crippen molar-refractivity contribution in [2.75, 3.05) is 47.5 Å². The standard InChI is InChI=1S/C22H36N4O4/c1-5-23-22(24-11-9-13-26-12-8-6-7-10-21(26)27)25-16-17-14-19(29-3)20(30-4)15-18(17)28-2/h14-15H,5-13,16H2,1-4H3,(H2,23,24,25). The van der Waals surface area contributed by atoms with Crippen LogP contribution in [0.4, 0.5) is 0 Å². The van der Waals surface area contributed by atoms with Crippen LogP contribution in [0.5, 0.6) is 17.2 Å². The largest absolute Gasteiger partial charge is 0.496 e. The number of likely N-dealkylation sites (tertiary alicyclic amines) is 1. The van der Waals surface area contributed by atoms with Crippen LogP contribution >= 0.6 is 0 Å². The number of aliphatic imine (C=N–C) groups is 1. The van der Waals surface area contributed by atoms with Crippen molar-refractivity contribution in [3.8, 4) is 17.2 Å². The van der Waals surface area contributed by atoms with Gasteiger partial charge in [-0.3, -0.25) is 4.79 Å². The summed E-state index contributed by atoms with van der Waals surface area (Å²) in [7, 11) is 4.83. The number of nitrogens with one attached hydrogen (secondary N) is 2. The molecule has 8 heteroatoms. The second-order valence-corrected chi connectivity index (χ2v) is 7.19. The summed E-state index contributed by atoms with van der Waals surface area (Å²) >= 11 is 0. The first kappa shape index (κ1) is 23.6. The molecule has 0 aromatic heterocycles. The summed E-state index contributed by atoms with van der Waals surface area (Å²) in [6.45, 7) is 5.65. The number of nitrogens with zero attached hydrogens (tertiary/aromatic N) is 2. The Morgan fingerprint density at radius 3 is 2.47 bits per heavy atom. The average molecular weight is 421 g/mol. The summed E-state index contributed by atoms with van der Waals surface area (Å²) < 4.78 is 16.2. The first-order valence-corrected chi connectivity index (χ1v) is 10.7. The minimum atomic E-state index is 0.286. The number of guanidine groups is 1. The third kappa shape index (κ3) is 7.00. The molecule has 0 radical (unpaired) electrons. The van der Waals surface area contributed by atoms with Gasteiger partial charge in [0.1, 0.15) is 5.75 Å². The molecule has 2 N–H and O–H groups in total. The Labute approximate surface area is 180 Å². The lowest BCUT2D eigenvalue weighted by Gasteiger charge is -2.20. The smallest absolute Gasteiger partial charge is 0.222 e. The number of hydrogen-bond acceptors (Lipinski definition) is 5. The normalized spacial score (nSPS) is 14.9. The summed E-state index contributed by atoms with van der Waals surface area (Å²) in [6, 6.07) is 3.69. The Bertz CT molecular complexity index is 709. The van der Waals surface area contributed by atoms with E-state index in [1.54, 1.807) is 21.3 Å². The fourth-order valence-electron chi connectivity index (χ4n) is 3.47. The number of carbonyl (C=O) groups is 1. The molecule has 0 saturated carbocycles. The highest BCUT2D eigenvalue weighted by Crippen LogP contribution is 2.34. The highest BCUT2D eigenvalue weighted by Gasteiger charge is 2.16. The van der Waals surface area contributed by atoms with Gasteiger partial charge in [0, 0.05) is 44.2 Å². The van der Waals surface area contributed by atoms with Crippen molar-refractivity contribution in [1.82, 2.24) is 15.5 Å². The van der Waals surface area contributed by atoms with Crippen LogP contribution in [0, 0.1) is 0 Å². The van der Waals surface area contributed by atoms with Gasteiger partial charge in [-0.2, -0.15) is 0 Å². The molecule has 0 spiro atoms. The average Bonchev–Trinajstić information content (AvgIpc) is 2.98. The number of amides is 1. The van der Waals surface area contributed by atoms with E-state index >= 15 is 0 Å². The molecule has 1 heterocycles. The lowest BCUT2D eigenvalue weighted by atomic mass is 10.1. The van der Waals surface area contributed by atoms with Crippen molar-refractivity contribution in [2.45, 2.75) is 45.6 Å². The van der Waals surface area contributed by atoms with Gasteiger partial charge in [0.05, 0.1) is 27.9 Å². The molecular weight excluding hydrogens is 384 g/mol. The molecule has 2 rings (SSSR count). The molecule has 1 amide bonds. The fourth-order valence-corrected chi connectivity index (χ4v) is 3.47. The van der Waals surface area contributed by atoms with Gasteiger partial charge < -0.3 is 29.7 Å². The van der Waals surface area contributed by atoms with E-state index in [0.29, 0.717) is 30.2 Å². The lowest BCUT2D eigenvalue weighted by molar-refractivity contribution is -0.130. The maximum atomic E-state index is 12.1. The third-order valence-corrected chi connectivity index (χ3v) is 5.11. The molecule has 1 aromatic carbocycles. The number of rotatable bonds is 10. The van der Waals surface area contributed by atoms with Crippen molar-refractivity contribution in [3.63, 3.8) is 0 Å². The second-order valence-electron chi connectivity index (χ2n) is 7.19. The van der Waals surface area contributed by atoms with Crippen molar-refractivity contribution < 1.29 is 19.0 Å². The number of ether oxygens (including phenoxy) is 3. The van der Waals surface area contributed by atoms with E-state index in [9.17, 15) is 4.79 Å². The molecule has 1 aliphatic heterocycles. The van der Waals surface area contributed by atoms with E-state index < -0.39 is 0 Å². The molecule has 30 heavy (non-hydrogen) atoms. The lowest BCUT2D eigenvalue weighted by Crippen LogP contribution is -2.39. The van der Waals surface area contributed by atoms with Crippen LogP contribution in [-0.4, -0.2) is 64.3 Å². The van der Waals surface area contributed by atoms with Crippen LogP contribution in [-0.2, 0) is 11.3 Å². The van der Waals surface area contributed by atoms with Crippen LogP contribution in [0.1, 0.15) is 44.6 Å². The van der Waals surface area contributed by atoms with Crippen LogP contribution in [0.3, 0.4) is 0 Å². The first-order valence-electron chi connectivity index (χ1n) is 10.7. The van der Waals surface area contributed by atoms with Crippen molar-refractivity contribution in [3.05, 3.63) is 17.7 Å². The molecule has 168 valence electrons. The highest BCUT2D eigenvalue weighted by atomic mass is 16.5. The van der Waals surface area contributed by atoms with Gasteiger partial charge in [0.2, 0.25) is 5.91 Å². The van der Waals surface area contributed by atoms with Crippen molar-refractivity contribution in [1.29, 1.82) is 0 Å². The summed E-state index contributed by atoms with van der Waals surface area (Å²) in [5, 5.41) is 6.61. The van der Waals surface area contributed by atoms with Gasteiger partial charge in [-0.25, -0.2) is 4.99 Å². The van der Waals surface area contributed by atoms with Gasteiger partial charge in [0.15, 0.2) is 17.5 Å². The molecular formula is C22H36N4O4. The molecule has 1 saturated heterocycles. The predicted molar refractivity (Wildman–Crippen MR) is 119 cm³/mol. The van der Waals surface area contributed by atoms with Gasteiger partial charge >= 0.3 is 0 Å². The van der Waals surface area contributed by atoms with E-state index in [1.165, 1.54) is 0 Å². The zero-order valence-electron chi connectivity index (χ0n) is 18.8. The maximum Gasteiger partial charge on any atom is 0.222 e. The van der Waals surface area contributed by atoms with E-state index in [1.807, 2.05) is 24.0 Å². The van der Waals surface area contributed by atoms with Crippen LogP contribution in [0.2, 0.25) is 0 Å². The Morgan fingerprint density at radius 2 is 1.77 bits per heavy atom. The van der Waals surface area contributed by atoms with Gasteiger partial charge in [0.25, 0.3) is 0 Å².